The number of rotatable bonds is 10. The standard InChI is InChI=1S/C63H41N7/c1-3-15-42(16-4-1)44-24-28-46(29-25-44)61-68-62(47-30-26-45(27-31-47)43-17-5-2-6-18-43)70-63(69-61)51-38-48(37-50(39-51)56-21-9-12-34-64-56)52-32-33-53(55-20-8-7-19-54(52)55)49-40-59(57-22-10-13-35-65-57)67-60(41-49)58-23-11-14-36-66-58/h1-41H. The van der Waals surface area contributed by atoms with Gasteiger partial charge in [0.2, 0.25) is 0 Å². The summed E-state index contributed by atoms with van der Waals surface area (Å²) >= 11 is 0. The molecule has 0 amide bonds. The Labute approximate surface area is 405 Å². The molecule has 12 rings (SSSR count). The van der Waals surface area contributed by atoms with E-state index in [4.69, 9.17) is 24.9 Å². The maximum absolute atomic E-state index is 5.26. The van der Waals surface area contributed by atoms with Crippen LogP contribution in [0.1, 0.15) is 0 Å². The zero-order chi connectivity index (χ0) is 46.6. The molecule has 12 aromatic rings. The van der Waals surface area contributed by atoms with E-state index in [-0.39, 0.29) is 0 Å². The summed E-state index contributed by atoms with van der Waals surface area (Å²) in [6, 6.07) is 79.2. The minimum Gasteiger partial charge on any atom is -0.256 e. The van der Waals surface area contributed by atoms with Crippen molar-refractivity contribution in [3.8, 4) is 113 Å². The number of benzene rings is 7. The van der Waals surface area contributed by atoms with E-state index < -0.39 is 0 Å². The average Bonchev–Trinajstić information content (AvgIpc) is 3.45. The number of hydrogen-bond donors (Lipinski definition) is 0. The number of pyridine rings is 4. The van der Waals surface area contributed by atoms with Crippen molar-refractivity contribution >= 4 is 10.8 Å². The van der Waals surface area contributed by atoms with Gasteiger partial charge < -0.3 is 0 Å². The van der Waals surface area contributed by atoms with Gasteiger partial charge in [-0.3, -0.25) is 15.0 Å². The van der Waals surface area contributed by atoms with Crippen molar-refractivity contribution in [2.45, 2.75) is 0 Å². The molecule has 7 nitrogen and oxygen atoms in total. The second-order valence-electron chi connectivity index (χ2n) is 17.0. The van der Waals surface area contributed by atoms with E-state index >= 15 is 0 Å². The maximum atomic E-state index is 5.26. The van der Waals surface area contributed by atoms with Crippen molar-refractivity contribution in [1.82, 2.24) is 34.9 Å². The molecule has 0 atom stereocenters. The van der Waals surface area contributed by atoms with Gasteiger partial charge in [-0.1, -0.05) is 164 Å². The molecule has 0 bridgehead atoms. The van der Waals surface area contributed by atoms with E-state index in [0.717, 1.165) is 106 Å². The molecule has 328 valence electrons. The summed E-state index contributed by atoms with van der Waals surface area (Å²) < 4.78 is 0. The molecule has 0 aliphatic rings. The molecular formula is C63H41N7. The molecule has 0 N–H and O–H groups in total. The summed E-state index contributed by atoms with van der Waals surface area (Å²) in [5, 5.41) is 2.19. The Morgan fingerprint density at radius 2 is 0.557 bits per heavy atom. The van der Waals surface area contributed by atoms with Crippen LogP contribution >= 0.6 is 0 Å². The van der Waals surface area contributed by atoms with Crippen LogP contribution < -0.4 is 0 Å². The molecule has 0 radical (unpaired) electrons. The Balaban J connectivity index is 1.02. The lowest BCUT2D eigenvalue weighted by Crippen LogP contribution is -2.01. The molecule has 5 heterocycles. The van der Waals surface area contributed by atoms with Crippen molar-refractivity contribution in [3.63, 3.8) is 0 Å². The highest BCUT2D eigenvalue weighted by Gasteiger charge is 2.19. The predicted octanol–water partition coefficient (Wildman–Crippen LogP) is 15.3. The van der Waals surface area contributed by atoms with Crippen LogP contribution in [0.5, 0.6) is 0 Å². The average molecular weight is 896 g/mol. The molecule has 5 aromatic heterocycles. The van der Waals surface area contributed by atoms with Crippen LogP contribution in [0.4, 0.5) is 0 Å². The van der Waals surface area contributed by atoms with E-state index in [1.807, 2.05) is 72.9 Å². The van der Waals surface area contributed by atoms with E-state index in [1.54, 1.807) is 12.4 Å². The smallest absolute Gasteiger partial charge is 0.164 e. The fourth-order valence-electron chi connectivity index (χ4n) is 9.02. The zero-order valence-electron chi connectivity index (χ0n) is 37.8. The fourth-order valence-corrected chi connectivity index (χ4v) is 9.02. The Morgan fingerprint density at radius 1 is 0.200 bits per heavy atom. The van der Waals surface area contributed by atoms with Crippen molar-refractivity contribution in [2.75, 3.05) is 0 Å². The molecule has 0 unspecified atom stereocenters. The van der Waals surface area contributed by atoms with E-state index in [0.29, 0.717) is 17.5 Å². The lowest BCUT2D eigenvalue weighted by Gasteiger charge is -2.16. The first kappa shape index (κ1) is 41.8. The Hall–Kier alpha value is -9.59. The van der Waals surface area contributed by atoms with Gasteiger partial charge in [-0.2, -0.15) is 0 Å². The summed E-state index contributed by atoms with van der Waals surface area (Å²) in [4.78, 5) is 34.9. The van der Waals surface area contributed by atoms with Gasteiger partial charge in [0.1, 0.15) is 0 Å². The van der Waals surface area contributed by atoms with Gasteiger partial charge in [-0.15, -0.1) is 0 Å². The van der Waals surface area contributed by atoms with Crippen LogP contribution in [0, 0.1) is 0 Å². The molecule has 7 aromatic carbocycles. The lowest BCUT2D eigenvalue weighted by molar-refractivity contribution is 1.07. The third-order valence-electron chi connectivity index (χ3n) is 12.5. The van der Waals surface area contributed by atoms with E-state index in [2.05, 4.69) is 174 Å². The van der Waals surface area contributed by atoms with Crippen LogP contribution in [0.3, 0.4) is 0 Å². The monoisotopic (exact) mass is 895 g/mol. The van der Waals surface area contributed by atoms with Gasteiger partial charge >= 0.3 is 0 Å². The number of aromatic nitrogens is 7. The van der Waals surface area contributed by atoms with E-state index in [9.17, 15) is 0 Å². The largest absolute Gasteiger partial charge is 0.256 e. The number of nitrogens with zero attached hydrogens (tertiary/aromatic N) is 7. The number of fused-ring (bicyclic) bond motifs is 1. The Kier molecular flexibility index (Phi) is 11.1. The first-order chi connectivity index (χ1) is 34.7. The fraction of sp³-hybridized carbons (Fsp3) is 0. The third kappa shape index (κ3) is 8.51. The van der Waals surface area contributed by atoms with Gasteiger partial charge in [0, 0.05) is 40.8 Å². The highest BCUT2D eigenvalue weighted by Crippen LogP contribution is 2.40. The molecule has 0 saturated carbocycles. The highest BCUT2D eigenvalue weighted by atomic mass is 15.0. The zero-order valence-corrected chi connectivity index (χ0v) is 37.8. The second kappa shape index (κ2) is 18.6. The number of hydrogen-bond acceptors (Lipinski definition) is 7. The topological polar surface area (TPSA) is 90.2 Å². The molecule has 70 heavy (non-hydrogen) atoms. The van der Waals surface area contributed by atoms with Crippen LogP contribution in [0.25, 0.3) is 123 Å². The van der Waals surface area contributed by atoms with Gasteiger partial charge in [0.25, 0.3) is 0 Å². The Morgan fingerprint density at radius 3 is 1.01 bits per heavy atom. The molecular weight excluding hydrogens is 855 g/mol. The molecule has 0 aliphatic carbocycles. The van der Waals surface area contributed by atoms with Crippen LogP contribution in [0.2, 0.25) is 0 Å². The van der Waals surface area contributed by atoms with E-state index in [1.165, 1.54) is 0 Å². The summed E-state index contributed by atoms with van der Waals surface area (Å²) in [7, 11) is 0. The second-order valence-corrected chi connectivity index (χ2v) is 17.0. The minimum absolute atomic E-state index is 0.556. The van der Waals surface area contributed by atoms with Gasteiger partial charge in [0.15, 0.2) is 17.5 Å². The summed E-state index contributed by atoms with van der Waals surface area (Å²) in [6.07, 6.45) is 5.43. The van der Waals surface area contributed by atoms with Gasteiger partial charge in [-0.05, 0) is 122 Å². The van der Waals surface area contributed by atoms with Crippen molar-refractivity contribution in [1.29, 1.82) is 0 Å². The molecule has 0 spiro atoms. The first-order valence-corrected chi connectivity index (χ1v) is 23.2. The van der Waals surface area contributed by atoms with Crippen molar-refractivity contribution < 1.29 is 0 Å². The van der Waals surface area contributed by atoms with Crippen LogP contribution in [-0.4, -0.2) is 34.9 Å². The van der Waals surface area contributed by atoms with Gasteiger partial charge in [-0.25, -0.2) is 19.9 Å². The molecule has 0 saturated heterocycles. The first-order valence-electron chi connectivity index (χ1n) is 23.2. The van der Waals surface area contributed by atoms with Crippen LogP contribution in [0.15, 0.2) is 249 Å². The minimum atomic E-state index is 0.556. The predicted molar refractivity (Wildman–Crippen MR) is 283 cm³/mol. The molecule has 7 heteroatoms. The molecule has 0 aliphatic heterocycles. The molecule has 0 fully saturated rings. The third-order valence-corrected chi connectivity index (χ3v) is 12.5. The lowest BCUT2D eigenvalue weighted by atomic mass is 9.90. The summed E-state index contributed by atoms with van der Waals surface area (Å²) in [6.45, 7) is 0. The quantitative estimate of drug-likeness (QED) is 0.135. The normalized spacial score (nSPS) is 11.1. The van der Waals surface area contributed by atoms with Gasteiger partial charge in [0.05, 0.1) is 28.5 Å². The van der Waals surface area contributed by atoms with Crippen molar-refractivity contribution in [2.24, 2.45) is 0 Å². The SMILES string of the molecule is c1ccc(-c2ccc(-c3nc(-c4ccc(-c5ccccc5)cc4)nc(-c4cc(-c5ccccn5)cc(-c5ccc(-c6cc(-c7ccccn7)nc(-c7ccccn7)c6)c6ccccc56)c4)n3)cc2)cc1. The summed E-state index contributed by atoms with van der Waals surface area (Å²) in [5.41, 5.74) is 16.2. The Bertz CT molecular complexity index is 3620. The van der Waals surface area contributed by atoms with Crippen molar-refractivity contribution in [3.05, 3.63) is 249 Å². The maximum Gasteiger partial charge on any atom is 0.164 e. The highest BCUT2D eigenvalue weighted by molar-refractivity contribution is 6.06. The summed E-state index contributed by atoms with van der Waals surface area (Å²) in [5.74, 6) is 1.72. The van der Waals surface area contributed by atoms with Crippen LogP contribution in [-0.2, 0) is 0 Å².